The van der Waals surface area contributed by atoms with Crippen LogP contribution in [-0.4, -0.2) is 70.7 Å². The van der Waals surface area contributed by atoms with Gasteiger partial charge < -0.3 is 19.7 Å². The van der Waals surface area contributed by atoms with E-state index in [1.807, 2.05) is 54.9 Å². The van der Waals surface area contributed by atoms with E-state index in [1.54, 1.807) is 6.20 Å². The maximum absolute atomic E-state index is 12.9. The number of aliphatic carboxylic acids is 1. The molecule has 1 amide bonds. The number of imidazole rings is 1. The average Bonchev–Trinajstić information content (AvgIpc) is 3.29. The van der Waals surface area contributed by atoms with Crippen LogP contribution in [0.4, 0.5) is 13.2 Å². The second kappa shape index (κ2) is 11.2. The summed E-state index contributed by atoms with van der Waals surface area (Å²) >= 11 is 0. The molecule has 2 aliphatic heterocycles. The average molecular weight is 547 g/mol. The van der Waals surface area contributed by atoms with E-state index in [1.165, 1.54) is 4.31 Å². The number of piperidine rings is 1. The van der Waals surface area contributed by atoms with Crippen LogP contribution < -0.4 is 5.32 Å². The Morgan fingerprint density at radius 1 is 1.22 bits per heavy atom. The number of ether oxygens (including phenoxy) is 1. The Morgan fingerprint density at radius 2 is 1.81 bits per heavy atom. The van der Waals surface area contributed by atoms with Gasteiger partial charge in [-0.15, -0.1) is 0 Å². The fourth-order valence-electron chi connectivity index (χ4n) is 4.25. The summed E-state index contributed by atoms with van der Waals surface area (Å²) in [5.74, 6) is -2.15. The smallest absolute Gasteiger partial charge is 0.475 e. The first-order valence-corrected chi connectivity index (χ1v) is 13.2. The van der Waals surface area contributed by atoms with Gasteiger partial charge in [0.15, 0.2) is 6.10 Å². The molecule has 1 unspecified atom stereocenters. The lowest BCUT2D eigenvalue weighted by Gasteiger charge is -2.45. The number of carbonyl (C=O) groups excluding carboxylic acids is 1. The first kappa shape index (κ1) is 28.6. The number of sulfonamides is 1. The number of nitrogens with one attached hydrogen (secondary N) is 1. The Balaban J connectivity index is 0.000000479. The standard InChI is InChI=1S/C21H28N4O4S.C2HF3O2/c1-16(2)23-19(26)18-14-24-13-10-22-20(24)21(29-18)8-11-25(12-9-21)30(27,28)15-17-6-4-3-5-7-17;3-2(4,5)1(6)7/h3-7,10,13,16,18H,8-9,11-12,14-15H2,1-2H3,(H,23,26);(H,6,7). The minimum absolute atomic E-state index is 0.0181. The lowest BCUT2D eigenvalue weighted by molar-refractivity contribution is -0.192. The largest absolute Gasteiger partial charge is 0.490 e. The van der Waals surface area contributed by atoms with Crippen LogP contribution in [0.2, 0.25) is 0 Å². The molecule has 1 fully saturated rings. The van der Waals surface area contributed by atoms with Crippen LogP contribution in [-0.2, 0) is 42.2 Å². The summed E-state index contributed by atoms with van der Waals surface area (Å²) in [6.07, 6.45) is -1.22. The van der Waals surface area contributed by atoms with Crippen LogP contribution >= 0.6 is 0 Å². The SMILES string of the molecule is CC(C)NC(=O)C1Cn2ccnc2C2(CCN(S(=O)(=O)Cc3ccccc3)CC2)O1.O=C(O)C(F)(F)F. The minimum Gasteiger partial charge on any atom is -0.475 e. The van der Waals surface area contributed by atoms with Gasteiger partial charge in [-0.25, -0.2) is 22.5 Å². The second-order valence-electron chi connectivity index (χ2n) is 9.11. The van der Waals surface area contributed by atoms with Crippen molar-refractivity contribution < 1.29 is 41.0 Å². The zero-order chi connectivity index (χ0) is 27.4. The lowest BCUT2D eigenvalue weighted by atomic mass is 9.89. The molecule has 37 heavy (non-hydrogen) atoms. The van der Waals surface area contributed by atoms with Crippen LogP contribution in [0, 0.1) is 0 Å². The molecule has 3 heterocycles. The number of nitrogens with zero attached hydrogens (tertiary/aromatic N) is 3. The highest BCUT2D eigenvalue weighted by molar-refractivity contribution is 7.88. The Morgan fingerprint density at radius 3 is 2.35 bits per heavy atom. The van der Waals surface area contributed by atoms with Crippen molar-refractivity contribution in [1.29, 1.82) is 0 Å². The highest BCUT2D eigenvalue weighted by Crippen LogP contribution is 2.40. The van der Waals surface area contributed by atoms with Crippen molar-refractivity contribution in [2.24, 2.45) is 0 Å². The third-order valence-corrected chi connectivity index (χ3v) is 7.78. The molecule has 4 rings (SSSR count). The summed E-state index contributed by atoms with van der Waals surface area (Å²) in [7, 11) is -3.43. The van der Waals surface area contributed by atoms with E-state index in [0.29, 0.717) is 32.5 Å². The molecule has 1 aromatic carbocycles. The molecule has 1 atom stereocenters. The highest BCUT2D eigenvalue weighted by atomic mass is 32.2. The number of amides is 1. The number of rotatable bonds is 5. The third kappa shape index (κ3) is 7.08. The summed E-state index contributed by atoms with van der Waals surface area (Å²) in [6.45, 7) is 4.90. The third-order valence-electron chi connectivity index (χ3n) is 5.93. The quantitative estimate of drug-likeness (QED) is 0.588. The number of hydrogen-bond donors (Lipinski definition) is 2. The van der Waals surface area contributed by atoms with Gasteiger partial charge in [0.05, 0.1) is 12.3 Å². The van der Waals surface area contributed by atoms with Crippen molar-refractivity contribution in [3.63, 3.8) is 0 Å². The van der Waals surface area contributed by atoms with Gasteiger partial charge in [-0.2, -0.15) is 13.2 Å². The summed E-state index contributed by atoms with van der Waals surface area (Å²) in [6, 6.07) is 9.22. The molecule has 0 bridgehead atoms. The van der Waals surface area contributed by atoms with E-state index in [2.05, 4.69) is 10.3 Å². The van der Waals surface area contributed by atoms with Crippen molar-refractivity contribution in [2.45, 2.75) is 62.9 Å². The second-order valence-corrected chi connectivity index (χ2v) is 11.1. The molecule has 14 heteroatoms. The zero-order valence-electron chi connectivity index (χ0n) is 20.3. The Labute approximate surface area is 212 Å². The first-order chi connectivity index (χ1) is 17.2. The number of carboxylic acids is 1. The molecule has 1 spiro atoms. The van der Waals surface area contributed by atoms with E-state index >= 15 is 0 Å². The number of hydrogen-bond acceptors (Lipinski definition) is 6. The highest BCUT2D eigenvalue weighted by Gasteiger charge is 2.48. The predicted octanol–water partition coefficient (Wildman–Crippen LogP) is 2.26. The molecular formula is C23H29F3N4O6S. The van der Waals surface area contributed by atoms with Gasteiger partial charge in [0.1, 0.15) is 11.4 Å². The maximum Gasteiger partial charge on any atom is 0.490 e. The minimum atomic E-state index is -5.08. The Hall–Kier alpha value is -2.97. The van der Waals surface area contributed by atoms with Crippen LogP contribution in [0.25, 0.3) is 0 Å². The Bertz CT molecular complexity index is 1190. The summed E-state index contributed by atoms with van der Waals surface area (Å²) < 4.78 is 67.4. The van der Waals surface area contributed by atoms with E-state index < -0.39 is 33.9 Å². The number of aromatic nitrogens is 2. The molecule has 2 aromatic rings. The fraction of sp³-hybridized carbons (Fsp3) is 0.522. The topological polar surface area (TPSA) is 131 Å². The molecular weight excluding hydrogens is 517 g/mol. The molecule has 2 aliphatic rings. The monoisotopic (exact) mass is 546 g/mol. The predicted molar refractivity (Wildman–Crippen MR) is 126 cm³/mol. The first-order valence-electron chi connectivity index (χ1n) is 11.6. The normalized spacial score (nSPS) is 19.6. The molecule has 204 valence electrons. The van der Waals surface area contributed by atoms with Crippen molar-refractivity contribution in [1.82, 2.24) is 19.2 Å². The number of benzene rings is 1. The van der Waals surface area contributed by atoms with Gasteiger partial charge in [-0.3, -0.25) is 4.79 Å². The molecule has 10 nitrogen and oxygen atoms in total. The van der Waals surface area contributed by atoms with Gasteiger partial charge >= 0.3 is 12.1 Å². The van der Waals surface area contributed by atoms with Gasteiger partial charge in [-0.05, 0) is 32.3 Å². The van der Waals surface area contributed by atoms with Crippen molar-refractivity contribution in [3.05, 3.63) is 54.1 Å². The molecule has 1 saturated heterocycles. The fourth-order valence-corrected chi connectivity index (χ4v) is 5.79. The molecule has 0 saturated carbocycles. The maximum atomic E-state index is 12.9. The van der Waals surface area contributed by atoms with Crippen molar-refractivity contribution in [2.75, 3.05) is 13.1 Å². The van der Waals surface area contributed by atoms with E-state index in [4.69, 9.17) is 14.6 Å². The van der Waals surface area contributed by atoms with Crippen LogP contribution in [0.3, 0.4) is 0 Å². The summed E-state index contributed by atoms with van der Waals surface area (Å²) in [4.78, 5) is 26.0. The van der Waals surface area contributed by atoms with E-state index in [-0.39, 0.29) is 17.7 Å². The van der Waals surface area contributed by atoms with E-state index in [0.717, 1.165) is 11.4 Å². The van der Waals surface area contributed by atoms with Gasteiger partial charge in [0.25, 0.3) is 5.91 Å². The number of carboxylic acid groups (broad SMARTS) is 1. The number of fused-ring (bicyclic) bond motifs is 2. The molecule has 0 radical (unpaired) electrons. The van der Waals surface area contributed by atoms with Crippen molar-refractivity contribution in [3.8, 4) is 0 Å². The van der Waals surface area contributed by atoms with Crippen LogP contribution in [0.1, 0.15) is 38.1 Å². The number of halogens is 3. The van der Waals surface area contributed by atoms with Crippen LogP contribution in [0.5, 0.6) is 0 Å². The number of alkyl halides is 3. The van der Waals surface area contributed by atoms with Crippen LogP contribution in [0.15, 0.2) is 42.7 Å². The summed E-state index contributed by atoms with van der Waals surface area (Å²) in [5, 5.41) is 10.0. The molecule has 2 N–H and O–H groups in total. The van der Waals surface area contributed by atoms with Gasteiger partial charge in [-0.1, -0.05) is 30.3 Å². The zero-order valence-corrected chi connectivity index (χ0v) is 21.1. The molecule has 0 aliphatic carbocycles. The van der Waals surface area contributed by atoms with Gasteiger partial charge in [0.2, 0.25) is 10.0 Å². The van der Waals surface area contributed by atoms with E-state index in [9.17, 15) is 26.4 Å². The molecule has 1 aromatic heterocycles. The lowest BCUT2D eigenvalue weighted by Crippen LogP contribution is -2.55. The Kier molecular flexibility index (Phi) is 8.65. The summed E-state index contributed by atoms with van der Waals surface area (Å²) in [5.41, 5.74) is 0.0205. The number of carbonyl (C=O) groups is 2. The van der Waals surface area contributed by atoms with Crippen molar-refractivity contribution >= 4 is 21.9 Å². The van der Waals surface area contributed by atoms with Gasteiger partial charge in [0, 0.05) is 31.5 Å².